The normalized spacial score (nSPS) is 11.3. The van der Waals surface area contributed by atoms with Crippen LogP contribution in [0.15, 0.2) is 70.5 Å². The zero-order chi connectivity index (χ0) is 29.4. The van der Waals surface area contributed by atoms with E-state index in [0.29, 0.717) is 29.0 Å². The summed E-state index contributed by atoms with van der Waals surface area (Å²) in [5, 5.41) is 3.52. The number of carbonyl (C=O) groups excluding carboxylic acids is 1. The first-order valence-electron chi connectivity index (χ1n) is 13.4. The van der Waals surface area contributed by atoms with Gasteiger partial charge in [-0.2, -0.15) is 0 Å². The number of hydrogen-bond acceptors (Lipinski definition) is 9. The van der Waals surface area contributed by atoms with Gasteiger partial charge in [0, 0.05) is 44.0 Å². The molecule has 1 amide bonds. The van der Waals surface area contributed by atoms with E-state index >= 15 is 0 Å². The second-order valence-corrected chi connectivity index (χ2v) is 11.5. The number of nitrogens with zero attached hydrogens (tertiary/aromatic N) is 4. The Labute approximate surface area is 245 Å². The summed E-state index contributed by atoms with van der Waals surface area (Å²) in [4.78, 5) is 28.4. The van der Waals surface area contributed by atoms with Gasteiger partial charge in [0.1, 0.15) is 11.6 Å². The third kappa shape index (κ3) is 8.23. The Kier molecular flexibility index (Phi) is 9.88. The first-order valence-corrected chi connectivity index (χ1v) is 14.3. The fraction of sp³-hybridized carbons (Fsp3) is 0.355. The highest BCUT2D eigenvalue weighted by atomic mass is 32.2. The molecule has 4 rings (SSSR count). The van der Waals surface area contributed by atoms with E-state index in [9.17, 15) is 4.79 Å². The van der Waals surface area contributed by atoms with E-state index < -0.39 is 0 Å². The van der Waals surface area contributed by atoms with Gasteiger partial charge in [-0.25, -0.2) is 9.97 Å². The maximum atomic E-state index is 12.5. The van der Waals surface area contributed by atoms with Crippen LogP contribution in [0.25, 0.3) is 0 Å². The number of pyridine rings is 1. The van der Waals surface area contributed by atoms with Gasteiger partial charge in [-0.05, 0) is 47.9 Å². The first kappa shape index (κ1) is 29.9. The minimum atomic E-state index is -0.269. The Balaban J connectivity index is 1.41. The average molecular weight is 576 g/mol. The Morgan fingerprint density at radius 1 is 1.02 bits per heavy atom. The number of anilines is 1. The summed E-state index contributed by atoms with van der Waals surface area (Å²) in [5.74, 6) is 3.45. The molecule has 216 valence electrons. The maximum absolute atomic E-state index is 12.5. The molecule has 41 heavy (non-hydrogen) atoms. The highest BCUT2D eigenvalue weighted by Crippen LogP contribution is 2.30. The fourth-order valence-electron chi connectivity index (χ4n) is 3.99. The summed E-state index contributed by atoms with van der Waals surface area (Å²) < 4.78 is 16.6. The molecule has 0 spiro atoms. The molecule has 3 aromatic heterocycles. The summed E-state index contributed by atoms with van der Waals surface area (Å²) in [6.45, 7) is 7.56. The second-order valence-electron chi connectivity index (χ2n) is 10.6. The summed E-state index contributed by atoms with van der Waals surface area (Å²) in [6, 6.07) is 15.3. The second kappa shape index (κ2) is 13.5. The number of ether oxygens (including phenoxy) is 2. The fourth-order valence-corrected chi connectivity index (χ4v) is 4.74. The number of carbonyl (C=O) groups is 1. The summed E-state index contributed by atoms with van der Waals surface area (Å²) >= 11 is 1.48. The lowest BCUT2D eigenvalue weighted by atomic mass is 9.92. The van der Waals surface area contributed by atoms with Gasteiger partial charge in [-0.15, -0.1) is 0 Å². The molecule has 1 aromatic carbocycles. The number of furan rings is 1. The molecule has 0 bridgehead atoms. The SMILES string of the molecule is COc1ccc(CCN(C)c2cc(C(C)(C)C)nc(SCc3ccc(C(=O)NCc4cccnc4)o3)n2)cc1OC. The number of rotatable bonds is 12. The van der Waals surface area contributed by atoms with Crippen molar-refractivity contribution in [3.63, 3.8) is 0 Å². The maximum Gasteiger partial charge on any atom is 0.287 e. The Morgan fingerprint density at radius 3 is 2.54 bits per heavy atom. The molecule has 0 unspecified atom stereocenters. The molecule has 0 saturated heterocycles. The van der Waals surface area contributed by atoms with Crippen molar-refractivity contribution >= 4 is 23.5 Å². The number of benzene rings is 1. The molecule has 10 heteroatoms. The van der Waals surface area contributed by atoms with Gasteiger partial charge in [0.05, 0.1) is 25.7 Å². The van der Waals surface area contributed by atoms with Crippen molar-refractivity contribution in [2.75, 3.05) is 32.7 Å². The number of hydrogen-bond donors (Lipinski definition) is 1. The predicted molar refractivity (Wildman–Crippen MR) is 161 cm³/mol. The van der Waals surface area contributed by atoms with E-state index in [1.165, 1.54) is 11.8 Å². The zero-order valence-corrected chi connectivity index (χ0v) is 25.2. The third-order valence-electron chi connectivity index (χ3n) is 6.44. The predicted octanol–water partition coefficient (Wildman–Crippen LogP) is 5.68. The zero-order valence-electron chi connectivity index (χ0n) is 24.4. The van der Waals surface area contributed by atoms with Crippen LogP contribution in [0.5, 0.6) is 11.5 Å². The van der Waals surface area contributed by atoms with Crippen molar-refractivity contribution in [1.29, 1.82) is 0 Å². The molecule has 3 heterocycles. The average Bonchev–Trinajstić information content (AvgIpc) is 3.46. The largest absolute Gasteiger partial charge is 0.493 e. The first-order chi connectivity index (χ1) is 19.7. The number of aromatic nitrogens is 3. The van der Waals surface area contributed by atoms with Gasteiger partial charge in [0.15, 0.2) is 22.4 Å². The van der Waals surface area contributed by atoms with Crippen LogP contribution >= 0.6 is 11.8 Å². The molecule has 0 fully saturated rings. The van der Waals surface area contributed by atoms with Gasteiger partial charge in [-0.3, -0.25) is 9.78 Å². The Bertz CT molecular complexity index is 1450. The number of nitrogens with one attached hydrogen (secondary N) is 1. The summed E-state index contributed by atoms with van der Waals surface area (Å²) in [5.41, 5.74) is 2.87. The lowest BCUT2D eigenvalue weighted by Gasteiger charge is -2.23. The van der Waals surface area contributed by atoms with E-state index in [2.05, 4.69) is 42.0 Å². The van der Waals surface area contributed by atoms with Crippen LogP contribution in [-0.4, -0.2) is 48.7 Å². The van der Waals surface area contributed by atoms with Crippen molar-refractivity contribution in [1.82, 2.24) is 20.3 Å². The smallest absolute Gasteiger partial charge is 0.287 e. The van der Waals surface area contributed by atoms with Gasteiger partial charge in [0.25, 0.3) is 5.91 Å². The van der Waals surface area contributed by atoms with Crippen molar-refractivity contribution in [3.05, 3.63) is 89.3 Å². The summed E-state index contributed by atoms with van der Waals surface area (Å²) in [7, 11) is 5.31. The van der Waals surface area contributed by atoms with Crippen LogP contribution < -0.4 is 19.7 Å². The quantitative estimate of drug-likeness (QED) is 0.169. The molecule has 0 saturated carbocycles. The van der Waals surface area contributed by atoms with Crippen LogP contribution in [0.1, 0.15) is 53.9 Å². The molecule has 0 aliphatic heterocycles. The molecular weight excluding hydrogens is 538 g/mol. The molecule has 9 nitrogen and oxygen atoms in total. The molecule has 4 aromatic rings. The van der Waals surface area contributed by atoms with Gasteiger partial charge < -0.3 is 24.1 Å². The van der Waals surface area contributed by atoms with Crippen molar-refractivity contribution in [2.24, 2.45) is 0 Å². The van der Waals surface area contributed by atoms with Crippen LogP contribution in [0.4, 0.5) is 5.82 Å². The van der Waals surface area contributed by atoms with E-state index in [4.69, 9.17) is 23.9 Å². The topological polar surface area (TPSA) is 103 Å². The minimum Gasteiger partial charge on any atom is -0.493 e. The van der Waals surface area contributed by atoms with E-state index in [1.807, 2.05) is 43.4 Å². The standard InChI is InChI=1S/C31H37N5O4S/c1-31(2,3)27-17-28(36(4)15-13-21-9-11-24(38-5)26(16-21)39-6)35-30(34-27)41-20-23-10-12-25(40-23)29(37)33-19-22-8-7-14-32-18-22/h7-12,14,16-18H,13,15,19-20H2,1-6H3,(H,33,37). The molecule has 1 N–H and O–H groups in total. The van der Waals surface area contributed by atoms with Crippen LogP contribution in [0, 0.1) is 0 Å². The number of likely N-dealkylation sites (N-methyl/N-ethyl adjacent to an activating group) is 1. The van der Waals surface area contributed by atoms with Crippen LogP contribution in [-0.2, 0) is 24.1 Å². The highest BCUT2D eigenvalue weighted by Gasteiger charge is 2.20. The van der Waals surface area contributed by atoms with Gasteiger partial charge in [-0.1, -0.05) is 44.7 Å². The highest BCUT2D eigenvalue weighted by molar-refractivity contribution is 7.98. The molecule has 0 radical (unpaired) electrons. The monoisotopic (exact) mass is 575 g/mol. The van der Waals surface area contributed by atoms with E-state index in [1.54, 1.807) is 32.7 Å². The van der Waals surface area contributed by atoms with Crippen LogP contribution in [0.3, 0.4) is 0 Å². The lowest BCUT2D eigenvalue weighted by Crippen LogP contribution is -2.23. The minimum absolute atomic E-state index is 0.151. The number of thioether (sulfide) groups is 1. The van der Waals surface area contributed by atoms with Crippen molar-refractivity contribution < 1.29 is 18.7 Å². The molecule has 0 aliphatic rings. The number of methoxy groups -OCH3 is 2. The third-order valence-corrected chi connectivity index (χ3v) is 7.31. The van der Waals surface area contributed by atoms with Crippen molar-refractivity contribution in [2.45, 2.75) is 50.1 Å². The van der Waals surface area contributed by atoms with E-state index in [0.717, 1.165) is 41.4 Å². The van der Waals surface area contributed by atoms with Gasteiger partial charge >= 0.3 is 0 Å². The summed E-state index contributed by atoms with van der Waals surface area (Å²) in [6.07, 6.45) is 4.23. The number of amides is 1. The van der Waals surface area contributed by atoms with Crippen molar-refractivity contribution in [3.8, 4) is 11.5 Å². The van der Waals surface area contributed by atoms with Crippen LogP contribution in [0.2, 0.25) is 0 Å². The molecular formula is C31H37N5O4S. The molecule has 0 aliphatic carbocycles. The molecule has 0 atom stereocenters. The Hall–Kier alpha value is -4.05. The lowest BCUT2D eigenvalue weighted by molar-refractivity contribution is 0.0921. The van der Waals surface area contributed by atoms with E-state index in [-0.39, 0.29) is 17.1 Å². The van der Waals surface area contributed by atoms with Gasteiger partial charge in [0.2, 0.25) is 0 Å². The Morgan fingerprint density at radius 2 is 1.83 bits per heavy atom.